The molecular formula is C20H35IN4O2. The monoisotopic (exact) mass is 490 g/mol. The number of guanidine groups is 1. The molecule has 0 radical (unpaired) electrons. The number of rotatable bonds is 7. The van der Waals surface area contributed by atoms with E-state index >= 15 is 0 Å². The third-order valence-electron chi connectivity index (χ3n) is 5.19. The van der Waals surface area contributed by atoms with Crippen molar-refractivity contribution in [3.63, 3.8) is 0 Å². The molecule has 1 fully saturated rings. The van der Waals surface area contributed by atoms with Crippen molar-refractivity contribution in [2.24, 2.45) is 4.99 Å². The minimum atomic E-state index is 0. The highest BCUT2D eigenvalue weighted by Gasteiger charge is 2.34. The molecule has 6 nitrogen and oxygen atoms in total. The number of halogens is 1. The Balaban J connectivity index is 0.00000364. The van der Waals surface area contributed by atoms with E-state index in [1.54, 1.807) is 7.11 Å². The quantitative estimate of drug-likeness (QED) is 0.362. The maximum Gasteiger partial charge on any atom is 0.194 e. The summed E-state index contributed by atoms with van der Waals surface area (Å²) in [7, 11) is 8.07. The van der Waals surface area contributed by atoms with Gasteiger partial charge in [-0.1, -0.05) is 18.2 Å². The van der Waals surface area contributed by atoms with Gasteiger partial charge in [-0.05, 0) is 39.9 Å². The minimum Gasteiger partial charge on any atom is -0.496 e. The lowest BCUT2D eigenvalue weighted by Crippen LogP contribution is -2.51. The van der Waals surface area contributed by atoms with E-state index in [4.69, 9.17) is 14.5 Å². The van der Waals surface area contributed by atoms with Gasteiger partial charge in [-0.25, -0.2) is 0 Å². The van der Waals surface area contributed by atoms with Crippen LogP contribution in [0.1, 0.15) is 25.3 Å². The Morgan fingerprint density at radius 2 is 1.89 bits per heavy atom. The van der Waals surface area contributed by atoms with E-state index in [0.29, 0.717) is 0 Å². The standard InChI is InChI=1S/C20H34N4O2.HI/c1-6-21-19(22-16-20(23(2)3)11-13-26-14-12-20)24(4)15-17-9-7-8-10-18(17)25-5;/h7-10H,6,11-16H2,1-5H3,(H,21,22);1H. The Bertz CT molecular complexity index is 589. The van der Waals surface area contributed by atoms with Crippen LogP contribution in [-0.2, 0) is 11.3 Å². The van der Waals surface area contributed by atoms with Gasteiger partial charge >= 0.3 is 0 Å². The van der Waals surface area contributed by atoms with E-state index in [9.17, 15) is 0 Å². The molecule has 0 atom stereocenters. The van der Waals surface area contributed by atoms with Crippen LogP contribution in [0.5, 0.6) is 5.75 Å². The predicted molar refractivity (Wildman–Crippen MR) is 122 cm³/mol. The van der Waals surface area contributed by atoms with Crippen molar-refractivity contribution in [3.05, 3.63) is 29.8 Å². The molecule has 154 valence electrons. The van der Waals surface area contributed by atoms with Gasteiger partial charge in [0, 0.05) is 44.5 Å². The van der Waals surface area contributed by atoms with Gasteiger partial charge in [0.15, 0.2) is 5.96 Å². The van der Waals surface area contributed by atoms with E-state index < -0.39 is 0 Å². The second kappa shape index (κ2) is 11.7. The molecule has 7 heteroatoms. The third kappa shape index (κ3) is 6.50. The molecule has 1 N–H and O–H groups in total. The van der Waals surface area contributed by atoms with Crippen molar-refractivity contribution in [1.82, 2.24) is 15.1 Å². The predicted octanol–water partition coefficient (Wildman–Crippen LogP) is 2.82. The van der Waals surface area contributed by atoms with Gasteiger partial charge in [0.2, 0.25) is 0 Å². The number of hydrogen-bond donors (Lipinski definition) is 1. The lowest BCUT2D eigenvalue weighted by molar-refractivity contribution is -0.00263. The summed E-state index contributed by atoms with van der Waals surface area (Å²) in [5, 5.41) is 3.42. The number of benzene rings is 1. The van der Waals surface area contributed by atoms with Crippen LogP contribution in [0.4, 0.5) is 0 Å². The zero-order chi connectivity index (χ0) is 19.0. The highest BCUT2D eigenvalue weighted by Crippen LogP contribution is 2.26. The SMILES string of the molecule is CCNC(=NCC1(N(C)C)CCOCC1)N(C)Cc1ccccc1OC.I. The number of para-hydroxylation sites is 1. The highest BCUT2D eigenvalue weighted by atomic mass is 127. The molecule has 0 amide bonds. The maximum absolute atomic E-state index is 5.57. The van der Waals surface area contributed by atoms with Crippen LogP contribution in [0.15, 0.2) is 29.3 Å². The van der Waals surface area contributed by atoms with Gasteiger partial charge in [0.05, 0.1) is 13.7 Å². The molecule has 1 aliphatic rings. The average Bonchev–Trinajstić information content (AvgIpc) is 2.66. The van der Waals surface area contributed by atoms with Crippen LogP contribution in [0.2, 0.25) is 0 Å². The second-order valence-corrected chi connectivity index (χ2v) is 7.07. The Kier molecular flexibility index (Phi) is 10.4. The van der Waals surface area contributed by atoms with E-state index in [-0.39, 0.29) is 29.5 Å². The van der Waals surface area contributed by atoms with Gasteiger partial charge in [0.1, 0.15) is 5.75 Å². The summed E-state index contributed by atoms with van der Waals surface area (Å²) in [6.07, 6.45) is 2.03. The normalized spacial score (nSPS) is 16.6. The molecule has 1 saturated heterocycles. The average molecular weight is 490 g/mol. The lowest BCUT2D eigenvalue weighted by atomic mass is 9.89. The maximum atomic E-state index is 5.57. The molecule has 27 heavy (non-hydrogen) atoms. The summed E-state index contributed by atoms with van der Waals surface area (Å²) in [4.78, 5) is 9.44. The molecular weight excluding hydrogens is 455 g/mol. The van der Waals surface area contributed by atoms with Crippen molar-refractivity contribution in [2.45, 2.75) is 31.8 Å². The number of aliphatic imine (C=N–C) groups is 1. The van der Waals surface area contributed by atoms with Gasteiger partial charge in [-0.2, -0.15) is 0 Å². The summed E-state index contributed by atoms with van der Waals surface area (Å²) in [5.74, 6) is 1.83. The molecule has 0 spiro atoms. The summed E-state index contributed by atoms with van der Waals surface area (Å²) in [5.41, 5.74) is 1.22. The van der Waals surface area contributed by atoms with Crippen LogP contribution < -0.4 is 10.1 Å². The van der Waals surface area contributed by atoms with Crippen LogP contribution in [0.25, 0.3) is 0 Å². The first-order chi connectivity index (χ1) is 12.5. The topological polar surface area (TPSA) is 49.3 Å². The Labute approximate surface area is 181 Å². The van der Waals surface area contributed by atoms with E-state index in [1.807, 2.05) is 18.2 Å². The van der Waals surface area contributed by atoms with E-state index in [2.05, 4.69) is 49.2 Å². The van der Waals surface area contributed by atoms with E-state index in [0.717, 1.165) is 63.0 Å². The van der Waals surface area contributed by atoms with Gasteiger partial charge < -0.3 is 24.6 Å². The lowest BCUT2D eigenvalue weighted by Gasteiger charge is -2.42. The summed E-state index contributed by atoms with van der Waals surface area (Å²) < 4.78 is 11.0. The number of likely N-dealkylation sites (N-methyl/N-ethyl adjacent to an activating group) is 1. The zero-order valence-electron chi connectivity index (χ0n) is 17.3. The fraction of sp³-hybridized carbons (Fsp3) is 0.650. The second-order valence-electron chi connectivity index (χ2n) is 7.07. The van der Waals surface area contributed by atoms with Crippen molar-refractivity contribution in [1.29, 1.82) is 0 Å². The molecule has 0 unspecified atom stereocenters. The zero-order valence-corrected chi connectivity index (χ0v) is 19.7. The summed E-state index contributed by atoms with van der Waals surface area (Å²) in [6.45, 7) is 6.06. The number of nitrogens with zero attached hydrogens (tertiary/aromatic N) is 3. The van der Waals surface area contributed by atoms with Crippen LogP contribution in [0, 0.1) is 0 Å². The van der Waals surface area contributed by atoms with Crippen LogP contribution >= 0.6 is 24.0 Å². The van der Waals surface area contributed by atoms with Gasteiger partial charge in [-0.15, -0.1) is 24.0 Å². The molecule has 0 aliphatic carbocycles. The molecule has 0 bridgehead atoms. The van der Waals surface area contributed by atoms with Gasteiger partial charge in [-0.3, -0.25) is 4.99 Å². The first-order valence-corrected chi connectivity index (χ1v) is 9.39. The molecule has 0 aromatic heterocycles. The fourth-order valence-electron chi connectivity index (χ4n) is 3.35. The largest absolute Gasteiger partial charge is 0.496 e. The first kappa shape index (κ1) is 24.0. The molecule has 1 aromatic rings. The molecule has 1 aliphatic heterocycles. The Morgan fingerprint density at radius 1 is 1.22 bits per heavy atom. The third-order valence-corrected chi connectivity index (χ3v) is 5.19. The smallest absolute Gasteiger partial charge is 0.194 e. The molecule has 1 heterocycles. The fourth-order valence-corrected chi connectivity index (χ4v) is 3.35. The number of hydrogen-bond acceptors (Lipinski definition) is 4. The summed E-state index contributed by atoms with van der Waals surface area (Å²) >= 11 is 0. The van der Waals surface area contributed by atoms with Crippen molar-refractivity contribution >= 4 is 29.9 Å². The van der Waals surface area contributed by atoms with Gasteiger partial charge in [0.25, 0.3) is 0 Å². The van der Waals surface area contributed by atoms with Crippen LogP contribution in [-0.4, -0.2) is 75.9 Å². The van der Waals surface area contributed by atoms with Crippen LogP contribution in [0.3, 0.4) is 0 Å². The van der Waals surface area contributed by atoms with E-state index in [1.165, 1.54) is 0 Å². The summed E-state index contributed by atoms with van der Waals surface area (Å²) in [6, 6.07) is 8.13. The van der Waals surface area contributed by atoms with Crippen molar-refractivity contribution < 1.29 is 9.47 Å². The first-order valence-electron chi connectivity index (χ1n) is 9.39. The number of ether oxygens (including phenoxy) is 2. The number of methoxy groups -OCH3 is 1. The Hall–Kier alpha value is -1.06. The molecule has 0 saturated carbocycles. The van der Waals surface area contributed by atoms with Crippen molar-refractivity contribution in [2.75, 3.05) is 54.6 Å². The molecule has 2 rings (SSSR count). The Morgan fingerprint density at radius 3 is 2.48 bits per heavy atom. The minimum absolute atomic E-state index is 0. The molecule has 1 aromatic carbocycles. The highest BCUT2D eigenvalue weighted by molar-refractivity contribution is 14.0. The number of nitrogens with one attached hydrogen (secondary N) is 1. The van der Waals surface area contributed by atoms with Crippen molar-refractivity contribution in [3.8, 4) is 5.75 Å².